The largest absolute Gasteiger partial charge is 0.465 e. The molecular formula is C20H37N5O8. The number of hydrogen-bond donors (Lipinski definition) is 3. The van der Waals surface area contributed by atoms with Gasteiger partial charge in [0.2, 0.25) is 18.2 Å². The monoisotopic (exact) mass is 475 g/mol. The smallest absolute Gasteiger partial charge is 0.293 e. The third-order valence-corrected chi connectivity index (χ3v) is 4.24. The maximum absolute atomic E-state index is 11.8. The molecule has 1 rings (SSSR count). The number of nitrogens with zero attached hydrogens (tertiary/aromatic N) is 2. The summed E-state index contributed by atoms with van der Waals surface area (Å²) in [7, 11) is 1.60. The zero-order chi connectivity index (χ0) is 25.1. The van der Waals surface area contributed by atoms with E-state index in [0.717, 1.165) is 0 Å². The highest BCUT2D eigenvalue weighted by Gasteiger charge is 2.44. The third-order valence-electron chi connectivity index (χ3n) is 4.24. The Balaban J connectivity index is 0.000000621. The molecule has 5 N–H and O–H groups in total. The quantitative estimate of drug-likeness (QED) is 0.0721. The van der Waals surface area contributed by atoms with Crippen LogP contribution in [-0.4, -0.2) is 101 Å². The van der Waals surface area contributed by atoms with E-state index in [-0.39, 0.29) is 25.0 Å². The lowest BCUT2D eigenvalue weighted by atomic mass is 9.92. The number of hydrazine groups is 1. The average Bonchev–Trinajstić information content (AvgIpc) is 2.96. The molecule has 0 radical (unpaired) electrons. The van der Waals surface area contributed by atoms with E-state index in [1.807, 2.05) is 0 Å². The molecular weight excluding hydrogens is 438 g/mol. The number of carbonyl (C=O) groups is 4. The first kappa shape index (κ1) is 30.3. The van der Waals surface area contributed by atoms with Crippen LogP contribution >= 0.6 is 0 Å². The molecule has 0 saturated carbocycles. The van der Waals surface area contributed by atoms with E-state index >= 15 is 0 Å². The van der Waals surface area contributed by atoms with Gasteiger partial charge >= 0.3 is 0 Å². The number of ether oxygens (including phenoxy) is 4. The second-order valence-electron chi connectivity index (χ2n) is 7.54. The fraction of sp³-hybridized carbons (Fsp3) is 0.700. The van der Waals surface area contributed by atoms with Gasteiger partial charge in [-0.1, -0.05) is 13.8 Å². The van der Waals surface area contributed by atoms with Crippen LogP contribution in [0, 0.1) is 5.41 Å². The summed E-state index contributed by atoms with van der Waals surface area (Å²) in [6, 6.07) is 0. The van der Waals surface area contributed by atoms with Crippen molar-refractivity contribution in [3.8, 4) is 0 Å². The van der Waals surface area contributed by atoms with Crippen molar-refractivity contribution in [3.05, 3.63) is 11.9 Å². The summed E-state index contributed by atoms with van der Waals surface area (Å²) in [6.45, 7) is 7.25. The molecule has 1 heterocycles. The van der Waals surface area contributed by atoms with E-state index in [4.69, 9.17) is 25.8 Å². The van der Waals surface area contributed by atoms with Gasteiger partial charge in [-0.2, -0.15) is 0 Å². The summed E-state index contributed by atoms with van der Waals surface area (Å²) in [5.74, 6) is 5.37. The summed E-state index contributed by atoms with van der Waals surface area (Å²) < 4.78 is 19.6. The van der Waals surface area contributed by atoms with Crippen molar-refractivity contribution in [2.45, 2.75) is 20.3 Å². The summed E-state index contributed by atoms with van der Waals surface area (Å²) in [4.78, 5) is 44.4. The van der Waals surface area contributed by atoms with Crippen LogP contribution in [0.15, 0.2) is 11.9 Å². The van der Waals surface area contributed by atoms with E-state index < -0.39 is 5.41 Å². The van der Waals surface area contributed by atoms with Gasteiger partial charge in [-0.05, 0) is 0 Å². The van der Waals surface area contributed by atoms with Crippen molar-refractivity contribution in [2.24, 2.45) is 17.0 Å². The summed E-state index contributed by atoms with van der Waals surface area (Å²) in [5, 5.41) is 3.76. The molecule has 33 heavy (non-hydrogen) atoms. The standard InChI is InChI=1S/C11H19NO4.C9H18N4O4/c1-11(2)8-9(13)12(10(11)14)4-5-16-7-6-15-3;10-9(5-12-7-14)6-13(11)1-2-16-3-4-17-8-15/h4-8H2,1-3H3;6-8H,1-5,10-11H2,(H,12,14)/b;9-6-. The molecule has 190 valence electrons. The summed E-state index contributed by atoms with van der Waals surface area (Å²) in [5.41, 5.74) is 5.43. The minimum atomic E-state index is -0.552. The molecule has 3 amide bonds. The van der Waals surface area contributed by atoms with Crippen molar-refractivity contribution in [2.75, 3.05) is 66.4 Å². The van der Waals surface area contributed by atoms with Gasteiger partial charge in [0.15, 0.2) is 0 Å². The van der Waals surface area contributed by atoms with E-state index in [1.54, 1.807) is 21.0 Å². The third kappa shape index (κ3) is 14.1. The molecule has 0 atom stereocenters. The van der Waals surface area contributed by atoms with E-state index in [0.29, 0.717) is 71.1 Å². The predicted molar refractivity (Wildman–Crippen MR) is 118 cm³/mol. The maximum Gasteiger partial charge on any atom is 0.293 e. The first-order valence-electron chi connectivity index (χ1n) is 10.4. The average molecular weight is 476 g/mol. The molecule has 13 heteroatoms. The van der Waals surface area contributed by atoms with Crippen molar-refractivity contribution < 1.29 is 38.1 Å². The van der Waals surface area contributed by atoms with Crippen LogP contribution in [0.5, 0.6) is 0 Å². The molecule has 0 spiro atoms. The highest BCUT2D eigenvalue weighted by molar-refractivity contribution is 6.05. The Morgan fingerprint density at radius 1 is 1.12 bits per heavy atom. The Hall–Kier alpha value is -2.74. The van der Waals surface area contributed by atoms with E-state index in [2.05, 4.69) is 10.1 Å². The maximum atomic E-state index is 11.8. The van der Waals surface area contributed by atoms with Gasteiger partial charge in [-0.25, -0.2) is 5.84 Å². The number of hydrogen-bond acceptors (Lipinski definition) is 11. The Morgan fingerprint density at radius 2 is 1.79 bits per heavy atom. The second kappa shape index (κ2) is 17.8. The van der Waals surface area contributed by atoms with Crippen LogP contribution in [0.2, 0.25) is 0 Å². The molecule has 1 aliphatic heterocycles. The molecule has 1 saturated heterocycles. The van der Waals surface area contributed by atoms with Gasteiger partial charge in [0.05, 0.1) is 58.1 Å². The van der Waals surface area contributed by atoms with Gasteiger partial charge in [0.25, 0.3) is 6.47 Å². The highest BCUT2D eigenvalue weighted by atomic mass is 16.5. The first-order valence-corrected chi connectivity index (χ1v) is 10.4. The Labute approximate surface area is 194 Å². The molecule has 1 fully saturated rings. The first-order chi connectivity index (χ1) is 15.7. The van der Waals surface area contributed by atoms with Crippen LogP contribution in [0.25, 0.3) is 0 Å². The van der Waals surface area contributed by atoms with Crippen molar-refractivity contribution >= 4 is 24.7 Å². The fourth-order valence-corrected chi connectivity index (χ4v) is 2.56. The number of rotatable bonds is 17. The zero-order valence-corrected chi connectivity index (χ0v) is 19.6. The van der Waals surface area contributed by atoms with Gasteiger partial charge in [-0.15, -0.1) is 0 Å². The molecule has 0 aliphatic carbocycles. The van der Waals surface area contributed by atoms with Crippen molar-refractivity contribution in [1.82, 2.24) is 15.2 Å². The molecule has 0 bridgehead atoms. The fourth-order valence-electron chi connectivity index (χ4n) is 2.56. The number of amides is 3. The Kier molecular flexibility index (Phi) is 16.3. The number of imide groups is 1. The van der Waals surface area contributed by atoms with Gasteiger partial charge in [0, 0.05) is 25.4 Å². The SMILES string of the molecule is COCCOCCN1C(=O)CC(C)(C)C1=O.N/C(=C\N(N)CCOCCOC=O)CNC=O. The van der Waals surface area contributed by atoms with Crippen LogP contribution in [0.3, 0.4) is 0 Å². The number of carbonyl (C=O) groups excluding carboxylic acids is 4. The van der Waals surface area contributed by atoms with E-state index in [9.17, 15) is 19.2 Å². The molecule has 0 aromatic carbocycles. The van der Waals surface area contributed by atoms with Crippen LogP contribution in [-0.2, 0) is 38.1 Å². The van der Waals surface area contributed by atoms with E-state index in [1.165, 1.54) is 16.1 Å². The van der Waals surface area contributed by atoms with Gasteiger partial charge < -0.3 is 35.0 Å². The van der Waals surface area contributed by atoms with Crippen molar-refractivity contribution in [3.63, 3.8) is 0 Å². The lowest BCUT2D eigenvalue weighted by molar-refractivity contribution is -0.141. The topological polar surface area (TPSA) is 176 Å². The second-order valence-corrected chi connectivity index (χ2v) is 7.54. The number of methoxy groups -OCH3 is 1. The predicted octanol–water partition coefficient (Wildman–Crippen LogP) is -1.67. The number of nitrogens with two attached hydrogens (primary N) is 2. The number of nitrogens with one attached hydrogen (secondary N) is 1. The van der Waals surface area contributed by atoms with Gasteiger partial charge in [0.1, 0.15) is 6.61 Å². The minimum Gasteiger partial charge on any atom is -0.465 e. The van der Waals surface area contributed by atoms with Crippen LogP contribution < -0.4 is 16.9 Å². The molecule has 0 aromatic heterocycles. The van der Waals surface area contributed by atoms with Crippen LogP contribution in [0.1, 0.15) is 20.3 Å². The lowest BCUT2D eigenvalue weighted by Gasteiger charge is -2.17. The number of likely N-dealkylation sites (tertiary alicyclic amines) is 1. The normalized spacial score (nSPS) is 15.0. The Bertz CT molecular complexity index is 630. The van der Waals surface area contributed by atoms with Crippen LogP contribution in [0.4, 0.5) is 0 Å². The molecule has 13 nitrogen and oxygen atoms in total. The highest BCUT2D eigenvalue weighted by Crippen LogP contribution is 2.31. The minimum absolute atomic E-state index is 0.104. The van der Waals surface area contributed by atoms with Crippen molar-refractivity contribution in [1.29, 1.82) is 0 Å². The molecule has 0 aromatic rings. The zero-order valence-electron chi connectivity index (χ0n) is 19.6. The van der Waals surface area contributed by atoms with Gasteiger partial charge in [-0.3, -0.25) is 24.1 Å². The molecule has 1 aliphatic rings. The summed E-state index contributed by atoms with van der Waals surface area (Å²) in [6.07, 6.45) is 2.35. The molecule has 0 unspecified atom stereocenters. The Morgan fingerprint density at radius 3 is 2.36 bits per heavy atom. The summed E-state index contributed by atoms with van der Waals surface area (Å²) >= 11 is 0. The lowest BCUT2D eigenvalue weighted by Crippen LogP contribution is -2.35.